The number of rotatable bonds is 9. The van der Waals surface area contributed by atoms with Crippen LogP contribution in [0.1, 0.15) is 40.9 Å². The Morgan fingerprint density at radius 3 is 2.28 bits per heavy atom. The molecule has 39 heavy (non-hydrogen) atoms. The lowest BCUT2D eigenvalue weighted by atomic mass is 10.00. The van der Waals surface area contributed by atoms with Gasteiger partial charge in [-0.2, -0.15) is 10.1 Å². The van der Waals surface area contributed by atoms with E-state index >= 15 is 0 Å². The number of sulfonamides is 1. The van der Waals surface area contributed by atoms with E-state index in [9.17, 15) is 13.2 Å². The van der Waals surface area contributed by atoms with Crippen LogP contribution in [-0.4, -0.2) is 52.1 Å². The van der Waals surface area contributed by atoms with Crippen LogP contribution in [0.25, 0.3) is 11.3 Å². The fourth-order valence-corrected chi connectivity index (χ4v) is 5.22. The molecule has 11 heteroatoms. The van der Waals surface area contributed by atoms with Gasteiger partial charge < -0.3 is 9.64 Å². The van der Waals surface area contributed by atoms with Crippen molar-refractivity contribution in [2.45, 2.75) is 39.5 Å². The first kappa shape index (κ1) is 27.8. The Morgan fingerprint density at radius 2 is 1.69 bits per heavy atom. The summed E-state index contributed by atoms with van der Waals surface area (Å²) < 4.78 is 36.0. The third-order valence-electron chi connectivity index (χ3n) is 6.34. The maximum Gasteiger partial charge on any atom is 0.267 e. The summed E-state index contributed by atoms with van der Waals surface area (Å²) in [5.74, 6) is 0.442. The average molecular weight is 549 g/mol. The summed E-state index contributed by atoms with van der Waals surface area (Å²) in [6, 6.07) is 12.7. The highest BCUT2D eigenvalue weighted by atomic mass is 32.2. The topological polar surface area (TPSA) is 119 Å². The summed E-state index contributed by atoms with van der Waals surface area (Å²) in [6.45, 7) is 10.9. The van der Waals surface area contributed by atoms with Crippen LogP contribution in [0.5, 0.6) is 11.6 Å². The van der Waals surface area contributed by atoms with Crippen molar-refractivity contribution in [2.75, 3.05) is 17.8 Å². The van der Waals surface area contributed by atoms with Crippen molar-refractivity contribution in [3.8, 4) is 22.9 Å². The Hall–Kier alpha value is -4.25. The molecule has 2 heterocycles. The van der Waals surface area contributed by atoms with Crippen molar-refractivity contribution in [1.29, 1.82) is 0 Å². The molecule has 0 fully saturated rings. The Kier molecular flexibility index (Phi) is 8.01. The first-order chi connectivity index (χ1) is 18.5. The van der Waals surface area contributed by atoms with Crippen LogP contribution in [0.2, 0.25) is 0 Å². The maximum absolute atomic E-state index is 13.0. The molecule has 0 aliphatic rings. The first-order valence-corrected chi connectivity index (χ1v) is 14.1. The zero-order chi connectivity index (χ0) is 28.3. The minimum absolute atomic E-state index is 0.0159. The summed E-state index contributed by atoms with van der Waals surface area (Å²) in [6.07, 6.45) is 2.64. The molecule has 0 saturated heterocycles. The van der Waals surface area contributed by atoms with Crippen LogP contribution in [0.15, 0.2) is 59.8 Å². The predicted octanol–water partition coefficient (Wildman–Crippen LogP) is 4.88. The lowest BCUT2D eigenvalue weighted by Crippen LogP contribution is -2.30. The number of aryl methyl sites for hydroxylation is 4. The van der Waals surface area contributed by atoms with Crippen molar-refractivity contribution in [3.63, 3.8) is 0 Å². The van der Waals surface area contributed by atoms with Gasteiger partial charge in [0.05, 0.1) is 11.9 Å². The molecule has 0 aliphatic carbocycles. The van der Waals surface area contributed by atoms with Crippen molar-refractivity contribution >= 4 is 21.9 Å². The number of carbonyl (C=O) groups excluding carboxylic acids is 1. The number of hydrogen-bond donors (Lipinski definition) is 1. The van der Waals surface area contributed by atoms with Gasteiger partial charge in [-0.1, -0.05) is 18.2 Å². The molecule has 1 N–H and O–H groups in total. The largest absolute Gasteiger partial charge is 0.439 e. The van der Waals surface area contributed by atoms with E-state index in [0.29, 0.717) is 30.1 Å². The van der Waals surface area contributed by atoms with E-state index in [1.807, 2.05) is 52.8 Å². The molecule has 10 nitrogen and oxygen atoms in total. The van der Waals surface area contributed by atoms with Crippen molar-refractivity contribution in [2.24, 2.45) is 7.05 Å². The molecule has 0 radical (unpaired) electrons. The third kappa shape index (κ3) is 6.09. The van der Waals surface area contributed by atoms with Crippen LogP contribution in [-0.2, 0) is 17.1 Å². The second-order valence-electron chi connectivity index (χ2n) is 9.20. The van der Waals surface area contributed by atoms with Gasteiger partial charge in [0, 0.05) is 43.5 Å². The molecule has 4 rings (SSSR count). The van der Waals surface area contributed by atoms with Gasteiger partial charge in [-0.25, -0.2) is 18.1 Å². The molecule has 4 aromatic rings. The molecule has 0 saturated carbocycles. The lowest BCUT2D eigenvalue weighted by molar-refractivity contribution is 0.0773. The Morgan fingerprint density at radius 1 is 1.00 bits per heavy atom. The number of nitrogens with one attached hydrogen (secondary N) is 1. The molecule has 2 aromatic heterocycles. The van der Waals surface area contributed by atoms with Gasteiger partial charge in [0.2, 0.25) is 11.8 Å². The van der Waals surface area contributed by atoms with Crippen molar-refractivity contribution < 1.29 is 17.9 Å². The van der Waals surface area contributed by atoms with Gasteiger partial charge in [-0.05, 0) is 69.5 Å². The lowest BCUT2D eigenvalue weighted by Gasteiger charge is -2.19. The summed E-state index contributed by atoms with van der Waals surface area (Å²) in [5, 5.41) is 3.94. The molecule has 2 aromatic carbocycles. The molecule has 1 amide bonds. The second-order valence-corrected chi connectivity index (χ2v) is 10.9. The molecule has 0 aliphatic heterocycles. The molecule has 0 bridgehead atoms. The van der Waals surface area contributed by atoms with Crippen LogP contribution in [0, 0.1) is 20.8 Å². The monoisotopic (exact) mass is 548 g/mol. The van der Waals surface area contributed by atoms with Crippen LogP contribution in [0.4, 0.5) is 5.95 Å². The average Bonchev–Trinajstić information content (AvgIpc) is 3.33. The van der Waals surface area contributed by atoms with E-state index < -0.39 is 10.0 Å². The van der Waals surface area contributed by atoms with Gasteiger partial charge >= 0.3 is 0 Å². The quantitative estimate of drug-likeness (QED) is 0.317. The Bertz CT molecular complexity index is 1610. The summed E-state index contributed by atoms with van der Waals surface area (Å²) in [5.41, 5.74) is 4.59. The van der Waals surface area contributed by atoms with E-state index in [0.717, 1.165) is 22.3 Å². The van der Waals surface area contributed by atoms with Crippen molar-refractivity contribution in [3.05, 3.63) is 77.1 Å². The molecule has 0 unspecified atom stereocenters. The third-order valence-corrected chi connectivity index (χ3v) is 7.63. The normalized spacial score (nSPS) is 11.3. The van der Waals surface area contributed by atoms with Crippen LogP contribution in [0.3, 0.4) is 0 Å². The van der Waals surface area contributed by atoms with Gasteiger partial charge in [0.15, 0.2) is 0 Å². The first-order valence-electron chi connectivity index (χ1n) is 12.6. The van der Waals surface area contributed by atoms with Crippen LogP contribution >= 0.6 is 0 Å². The molecule has 204 valence electrons. The number of benzene rings is 2. The predicted molar refractivity (Wildman–Crippen MR) is 149 cm³/mol. The Balaban J connectivity index is 1.74. The zero-order valence-electron chi connectivity index (χ0n) is 22.9. The van der Waals surface area contributed by atoms with Crippen molar-refractivity contribution in [1.82, 2.24) is 24.6 Å². The van der Waals surface area contributed by atoms with E-state index in [-0.39, 0.29) is 22.6 Å². The number of ether oxygens (including phenoxy) is 1. The van der Waals surface area contributed by atoms with E-state index in [1.54, 1.807) is 36.2 Å². The van der Waals surface area contributed by atoms with Gasteiger partial charge in [-0.3, -0.25) is 9.48 Å². The number of aromatic nitrogens is 4. The highest BCUT2D eigenvalue weighted by Gasteiger charge is 2.21. The minimum Gasteiger partial charge on any atom is -0.439 e. The highest BCUT2D eigenvalue weighted by molar-refractivity contribution is 7.92. The summed E-state index contributed by atoms with van der Waals surface area (Å²) in [4.78, 5) is 23.4. The fourth-order valence-electron chi connectivity index (χ4n) is 4.29. The fraction of sp³-hybridized carbons (Fsp3) is 0.286. The highest BCUT2D eigenvalue weighted by Crippen LogP contribution is 2.32. The van der Waals surface area contributed by atoms with Gasteiger partial charge in [0.1, 0.15) is 10.6 Å². The molecule has 0 spiro atoms. The number of carbonyl (C=O) groups is 1. The number of nitrogens with zero attached hydrogens (tertiary/aromatic N) is 5. The van der Waals surface area contributed by atoms with Crippen LogP contribution < -0.4 is 9.46 Å². The standard InChI is InChI=1S/C28H32N6O4S/c1-7-34(8-2)27(35)21-12-13-24(20(5)14-21)38-25-15-23(26-18(3)10-9-11-19(26)4)30-28(31-25)32-39(36,37)22-16-29-33(6)17-22/h9-17H,7-8H2,1-6H3,(H,30,31,32). The SMILES string of the molecule is CCN(CC)C(=O)c1ccc(Oc2cc(-c3c(C)cccc3C)nc(NS(=O)(=O)c3cnn(C)c3)n2)c(C)c1. The van der Waals surface area contributed by atoms with E-state index in [4.69, 9.17) is 4.74 Å². The number of anilines is 1. The van der Waals surface area contributed by atoms with Gasteiger partial charge in [0.25, 0.3) is 15.9 Å². The smallest absolute Gasteiger partial charge is 0.267 e. The zero-order valence-corrected chi connectivity index (χ0v) is 23.7. The van der Waals surface area contributed by atoms with E-state index in [1.165, 1.54) is 17.1 Å². The number of hydrogen-bond acceptors (Lipinski definition) is 7. The Labute approximate surface area is 228 Å². The molecular formula is C28H32N6O4S. The van der Waals surface area contributed by atoms with Gasteiger partial charge in [-0.15, -0.1) is 0 Å². The number of amides is 1. The molecule has 0 atom stereocenters. The summed E-state index contributed by atoms with van der Waals surface area (Å²) in [7, 11) is -2.36. The minimum atomic E-state index is -3.99. The second kappa shape index (κ2) is 11.2. The summed E-state index contributed by atoms with van der Waals surface area (Å²) >= 11 is 0. The van der Waals surface area contributed by atoms with E-state index in [2.05, 4.69) is 19.8 Å². The maximum atomic E-state index is 13.0. The molecular weight excluding hydrogens is 516 g/mol.